The molecule has 2 aliphatic heterocycles. The zero-order valence-electron chi connectivity index (χ0n) is 15.0. The maximum atomic E-state index is 12.5. The van der Waals surface area contributed by atoms with Gasteiger partial charge in [-0.2, -0.15) is 0 Å². The van der Waals surface area contributed by atoms with Gasteiger partial charge in [0.1, 0.15) is 0 Å². The van der Waals surface area contributed by atoms with Crippen LogP contribution in [-0.2, 0) is 16.0 Å². The number of benzene rings is 1. The smallest absolute Gasteiger partial charge is 0.222 e. The molecule has 0 aromatic heterocycles. The van der Waals surface area contributed by atoms with Crippen LogP contribution in [0.3, 0.4) is 0 Å². The highest BCUT2D eigenvalue weighted by molar-refractivity contribution is 6.30. The first-order valence-electron chi connectivity index (χ1n) is 9.53. The molecule has 1 aromatic rings. The van der Waals surface area contributed by atoms with Gasteiger partial charge in [0.15, 0.2) is 0 Å². The third kappa shape index (κ3) is 5.98. The van der Waals surface area contributed by atoms with Crippen molar-refractivity contribution in [1.29, 1.82) is 0 Å². The lowest BCUT2D eigenvalue weighted by Crippen LogP contribution is -2.38. The van der Waals surface area contributed by atoms with Gasteiger partial charge < -0.3 is 14.5 Å². The summed E-state index contributed by atoms with van der Waals surface area (Å²) in [6.45, 7) is 6.77. The van der Waals surface area contributed by atoms with E-state index in [1.807, 2.05) is 29.2 Å². The normalized spacial score (nSPS) is 22.6. The summed E-state index contributed by atoms with van der Waals surface area (Å²) in [6.07, 6.45) is 4.90. The van der Waals surface area contributed by atoms with E-state index in [1.54, 1.807) is 0 Å². The largest absolute Gasteiger partial charge is 0.381 e. The molecule has 0 N–H and O–H groups in total. The molecule has 0 spiro atoms. The minimum Gasteiger partial charge on any atom is -0.381 e. The summed E-state index contributed by atoms with van der Waals surface area (Å²) in [6, 6.07) is 7.79. The van der Waals surface area contributed by atoms with Crippen LogP contribution in [0.4, 0.5) is 0 Å². The van der Waals surface area contributed by atoms with E-state index in [4.69, 9.17) is 16.3 Å². The average molecular weight is 365 g/mol. The predicted molar refractivity (Wildman–Crippen MR) is 101 cm³/mol. The van der Waals surface area contributed by atoms with Gasteiger partial charge in [-0.3, -0.25) is 4.79 Å². The Morgan fingerprint density at radius 1 is 1.12 bits per heavy atom. The van der Waals surface area contributed by atoms with E-state index >= 15 is 0 Å². The van der Waals surface area contributed by atoms with Gasteiger partial charge in [0, 0.05) is 44.2 Å². The number of nitrogens with zero attached hydrogens (tertiary/aromatic N) is 2. The van der Waals surface area contributed by atoms with E-state index in [9.17, 15) is 4.79 Å². The maximum absolute atomic E-state index is 12.5. The second kappa shape index (κ2) is 9.56. The first kappa shape index (κ1) is 18.7. The number of ether oxygens (including phenoxy) is 1. The highest BCUT2D eigenvalue weighted by atomic mass is 35.5. The number of aryl methyl sites for hydroxylation is 1. The van der Waals surface area contributed by atoms with Crippen LogP contribution in [0.25, 0.3) is 0 Å². The standard InChI is InChI=1S/C20H29ClN2O2/c21-19-7-4-17(5-8-19)6-9-20(24)23-11-2-10-22(12-13-23)15-18-3-1-14-25-16-18/h4-5,7-8,18H,1-3,6,9-16H2. The molecular formula is C20H29ClN2O2. The van der Waals surface area contributed by atoms with E-state index in [2.05, 4.69) is 4.90 Å². The fraction of sp³-hybridized carbons (Fsp3) is 0.650. The first-order chi connectivity index (χ1) is 12.2. The van der Waals surface area contributed by atoms with Gasteiger partial charge >= 0.3 is 0 Å². The summed E-state index contributed by atoms with van der Waals surface area (Å²) in [5.41, 5.74) is 1.17. The molecule has 1 aromatic carbocycles. The summed E-state index contributed by atoms with van der Waals surface area (Å²) in [5, 5.41) is 0.742. The van der Waals surface area contributed by atoms with Crippen molar-refractivity contribution in [2.45, 2.75) is 32.1 Å². The van der Waals surface area contributed by atoms with E-state index in [-0.39, 0.29) is 5.91 Å². The molecule has 5 heteroatoms. The lowest BCUT2D eigenvalue weighted by Gasteiger charge is -2.28. The molecule has 2 aliphatic rings. The van der Waals surface area contributed by atoms with Crippen LogP contribution in [-0.4, -0.2) is 61.6 Å². The molecule has 0 aliphatic carbocycles. The third-order valence-corrected chi connectivity index (χ3v) is 5.50. The average Bonchev–Trinajstić information content (AvgIpc) is 2.87. The van der Waals surface area contributed by atoms with E-state index in [0.717, 1.165) is 63.8 Å². The van der Waals surface area contributed by atoms with Gasteiger partial charge in [0.05, 0.1) is 6.61 Å². The summed E-state index contributed by atoms with van der Waals surface area (Å²) in [7, 11) is 0. The Labute approximate surface area is 156 Å². The van der Waals surface area contributed by atoms with Crippen LogP contribution in [0.5, 0.6) is 0 Å². The molecule has 0 bridgehead atoms. The van der Waals surface area contributed by atoms with Gasteiger partial charge in [-0.1, -0.05) is 23.7 Å². The van der Waals surface area contributed by atoms with Gasteiger partial charge in [0.25, 0.3) is 0 Å². The fourth-order valence-electron chi connectivity index (χ4n) is 3.78. The van der Waals surface area contributed by atoms with Crippen molar-refractivity contribution in [3.63, 3.8) is 0 Å². The highest BCUT2D eigenvalue weighted by Crippen LogP contribution is 2.17. The Morgan fingerprint density at radius 3 is 2.72 bits per heavy atom. The minimum absolute atomic E-state index is 0.276. The van der Waals surface area contributed by atoms with Crippen LogP contribution >= 0.6 is 11.6 Å². The Hall–Kier alpha value is -1.10. The summed E-state index contributed by atoms with van der Waals surface area (Å²) >= 11 is 5.91. The van der Waals surface area contributed by atoms with Crippen molar-refractivity contribution in [1.82, 2.24) is 9.80 Å². The number of hydrogen-bond acceptors (Lipinski definition) is 3. The van der Waals surface area contributed by atoms with Gasteiger partial charge in [-0.05, 0) is 55.8 Å². The summed E-state index contributed by atoms with van der Waals surface area (Å²) in [5.74, 6) is 0.943. The molecule has 1 atom stereocenters. The SMILES string of the molecule is O=C(CCc1ccc(Cl)cc1)N1CCCN(CC2CCCOC2)CC1. The van der Waals surface area contributed by atoms with Gasteiger partial charge in [0.2, 0.25) is 5.91 Å². The Bertz CT molecular complexity index is 543. The quantitative estimate of drug-likeness (QED) is 0.804. The van der Waals surface area contributed by atoms with Crippen LogP contribution in [0.2, 0.25) is 5.02 Å². The van der Waals surface area contributed by atoms with Crippen LogP contribution < -0.4 is 0 Å². The molecule has 0 radical (unpaired) electrons. The van der Waals surface area contributed by atoms with E-state index < -0.39 is 0 Å². The van der Waals surface area contributed by atoms with Crippen molar-refractivity contribution in [3.8, 4) is 0 Å². The molecule has 25 heavy (non-hydrogen) atoms. The van der Waals surface area contributed by atoms with Crippen LogP contribution in [0.1, 0.15) is 31.2 Å². The molecule has 138 valence electrons. The number of carbonyl (C=O) groups excluding carboxylic acids is 1. The Kier molecular flexibility index (Phi) is 7.14. The molecule has 2 saturated heterocycles. The summed E-state index contributed by atoms with van der Waals surface area (Å²) < 4.78 is 5.60. The van der Waals surface area contributed by atoms with E-state index in [1.165, 1.54) is 18.4 Å². The first-order valence-corrected chi connectivity index (χ1v) is 9.91. The number of halogens is 1. The molecule has 4 nitrogen and oxygen atoms in total. The Morgan fingerprint density at radius 2 is 1.96 bits per heavy atom. The second-order valence-electron chi connectivity index (χ2n) is 7.24. The number of amides is 1. The van der Waals surface area contributed by atoms with Gasteiger partial charge in [-0.15, -0.1) is 0 Å². The lowest BCUT2D eigenvalue weighted by molar-refractivity contribution is -0.131. The molecule has 2 fully saturated rings. The monoisotopic (exact) mass is 364 g/mol. The zero-order valence-corrected chi connectivity index (χ0v) is 15.7. The summed E-state index contributed by atoms with van der Waals surface area (Å²) in [4.78, 5) is 17.1. The van der Waals surface area contributed by atoms with Crippen molar-refractivity contribution in [2.75, 3.05) is 45.9 Å². The topological polar surface area (TPSA) is 32.8 Å². The maximum Gasteiger partial charge on any atom is 0.222 e. The minimum atomic E-state index is 0.276. The number of rotatable bonds is 5. The molecule has 0 saturated carbocycles. The van der Waals surface area contributed by atoms with Crippen molar-refractivity contribution < 1.29 is 9.53 Å². The fourth-order valence-corrected chi connectivity index (χ4v) is 3.91. The number of carbonyl (C=O) groups is 1. The second-order valence-corrected chi connectivity index (χ2v) is 7.68. The molecular weight excluding hydrogens is 336 g/mol. The van der Waals surface area contributed by atoms with Crippen molar-refractivity contribution in [3.05, 3.63) is 34.9 Å². The third-order valence-electron chi connectivity index (χ3n) is 5.25. The zero-order chi connectivity index (χ0) is 17.5. The number of hydrogen-bond donors (Lipinski definition) is 0. The van der Waals surface area contributed by atoms with Crippen LogP contribution in [0, 0.1) is 5.92 Å². The lowest BCUT2D eigenvalue weighted by atomic mass is 10.0. The van der Waals surface area contributed by atoms with E-state index in [0.29, 0.717) is 12.3 Å². The Balaban J connectivity index is 1.42. The van der Waals surface area contributed by atoms with Crippen molar-refractivity contribution in [2.24, 2.45) is 5.92 Å². The van der Waals surface area contributed by atoms with Crippen molar-refractivity contribution >= 4 is 17.5 Å². The highest BCUT2D eigenvalue weighted by Gasteiger charge is 2.22. The van der Waals surface area contributed by atoms with Gasteiger partial charge in [-0.25, -0.2) is 0 Å². The molecule has 2 heterocycles. The van der Waals surface area contributed by atoms with Crippen LogP contribution in [0.15, 0.2) is 24.3 Å². The predicted octanol–water partition coefficient (Wildman–Crippen LogP) is 3.23. The molecule has 3 rings (SSSR count). The molecule has 1 amide bonds. The molecule has 1 unspecified atom stereocenters.